The van der Waals surface area contributed by atoms with Gasteiger partial charge in [-0.25, -0.2) is 0 Å². The summed E-state index contributed by atoms with van der Waals surface area (Å²) in [6.07, 6.45) is 1.77. The number of Topliss-reactive ketones (excluding diaryl/α,β-unsaturated/α-hetero) is 1. The Bertz CT molecular complexity index is 1120. The standard InChI is InChI=1S/C23H18ClIN2O3/c24-17-10-14(6-9-19(17)29-12-13-4-7-15(25)8-5-13)21-16(11-26)23(27)30-20-3-1-2-18(28)22(20)21/h4-10,21H,1-3,12,27H2/t21-/m1/s1. The fourth-order valence-corrected chi connectivity index (χ4v) is 4.35. The summed E-state index contributed by atoms with van der Waals surface area (Å²) in [5.74, 6) is 0.547. The highest BCUT2D eigenvalue weighted by Crippen LogP contribution is 2.44. The number of benzene rings is 2. The molecule has 4 rings (SSSR count). The minimum atomic E-state index is -0.575. The van der Waals surface area contributed by atoms with Crippen LogP contribution in [0.25, 0.3) is 0 Å². The molecule has 0 fully saturated rings. The maximum Gasteiger partial charge on any atom is 0.205 e. The van der Waals surface area contributed by atoms with Crippen molar-refractivity contribution in [2.24, 2.45) is 5.73 Å². The van der Waals surface area contributed by atoms with Gasteiger partial charge >= 0.3 is 0 Å². The van der Waals surface area contributed by atoms with Crippen molar-refractivity contribution in [1.82, 2.24) is 0 Å². The number of hydrogen-bond acceptors (Lipinski definition) is 5. The van der Waals surface area contributed by atoms with E-state index in [0.717, 1.165) is 9.13 Å². The number of hydrogen-bond donors (Lipinski definition) is 1. The Morgan fingerprint density at radius 1 is 1.23 bits per heavy atom. The number of ketones is 1. The van der Waals surface area contributed by atoms with E-state index in [2.05, 4.69) is 28.7 Å². The van der Waals surface area contributed by atoms with Crippen LogP contribution in [-0.4, -0.2) is 5.78 Å². The summed E-state index contributed by atoms with van der Waals surface area (Å²) in [4.78, 5) is 12.6. The third-order valence-corrected chi connectivity index (χ3v) is 6.22. The zero-order valence-electron chi connectivity index (χ0n) is 16.0. The predicted octanol–water partition coefficient (Wildman–Crippen LogP) is 5.34. The molecule has 152 valence electrons. The lowest BCUT2D eigenvalue weighted by Gasteiger charge is -2.31. The molecule has 0 bridgehead atoms. The molecule has 5 nitrogen and oxygen atoms in total. The van der Waals surface area contributed by atoms with Crippen LogP contribution in [0.1, 0.15) is 36.3 Å². The van der Waals surface area contributed by atoms with Gasteiger partial charge in [0.25, 0.3) is 0 Å². The second kappa shape index (κ2) is 8.70. The maximum absolute atomic E-state index is 12.6. The van der Waals surface area contributed by atoms with Crippen molar-refractivity contribution in [1.29, 1.82) is 5.26 Å². The molecular weight excluding hydrogens is 515 g/mol. The van der Waals surface area contributed by atoms with Crippen LogP contribution in [0.5, 0.6) is 5.75 Å². The highest BCUT2D eigenvalue weighted by molar-refractivity contribution is 14.1. The minimum Gasteiger partial charge on any atom is -0.487 e. The van der Waals surface area contributed by atoms with Crippen molar-refractivity contribution in [3.8, 4) is 11.8 Å². The van der Waals surface area contributed by atoms with Crippen LogP contribution in [0.4, 0.5) is 0 Å². The smallest absolute Gasteiger partial charge is 0.205 e. The van der Waals surface area contributed by atoms with Gasteiger partial charge in [-0.05, 0) is 64.4 Å². The van der Waals surface area contributed by atoms with E-state index in [4.69, 9.17) is 26.8 Å². The van der Waals surface area contributed by atoms with Crippen molar-refractivity contribution in [2.45, 2.75) is 31.8 Å². The van der Waals surface area contributed by atoms with Gasteiger partial charge in [0.15, 0.2) is 5.78 Å². The van der Waals surface area contributed by atoms with Crippen LogP contribution in [0.2, 0.25) is 5.02 Å². The number of carbonyl (C=O) groups excluding carboxylic acids is 1. The summed E-state index contributed by atoms with van der Waals surface area (Å²) in [7, 11) is 0. The molecule has 1 aliphatic heterocycles. The van der Waals surface area contributed by atoms with Crippen LogP contribution < -0.4 is 10.5 Å². The molecule has 1 aliphatic carbocycles. The van der Waals surface area contributed by atoms with E-state index in [-0.39, 0.29) is 17.2 Å². The van der Waals surface area contributed by atoms with E-state index in [1.807, 2.05) is 30.3 Å². The summed E-state index contributed by atoms with van der Waals surface area (Å²) < 4.78 is 12.6. The molecular formula is C23H18ClIN2O3. The second-order valence-electron chi connectivity index (χ2n) is 7.14. The van der Waals surface area contributed by atoms with Gasteiger partial charge in [0, 0.05) is 22.0 Å². The van der Waals surface area contributed by atoms with Crippen LogP contribution >= 0.6 is 34.2 Å². The van der Waals surface area contributed by atoms with E-state index in [0.29, 0.717) is 53.5 Å². The van der Waals surface area contributed by atoms with Crippen molar-refractivity contribution in [3.05, 3.63) is 85.0 Å². The van der Waals surface area contributed by atoms with Gasteiger partial charge in [-0.3, -0.25) is 4.79 Å². The zero-order chi connectivity index (χ0) is 21.3. The molecule has 2 aromatic carbocycles. The van der Waals surface area contributed by atoms with E-state index in [1.165, 1.54) is 0 Å². The molecule has 0 radical (unpaired) electrons. The Kier molecular flexibility index (Phi) is 6.02. The largest absolute Gasteiger partial charge is 0.487 e. The molecule has 0 spiro atoms. The third-order valence-electron chi connectivity index (χ3n) is 5.20. The van der Waals surface area contributed by atoms with E-state index in [1.54, 1.807) is 12.1 Å². The lowest BCUT2D eigenvalue weighted by molar-refractivity contribution is -0.116. The fourth-order valence-electron chi connectivity index (χ4n) is 3.75. The van der Waals surface area contributed by atoms with Crippen LogP contribution in [0.15, 0.2) is 65.3 Å². The normalized spacial score (nSPS) is 18.6. The molecule has 1 atom stereocenters. The van der Waals surface area contributed by atoms with Gasteiger partial charge in [0.05, 0.1) is 10.9 Å². The molecule has 2 aromatic rings. The lowest BCUT2D eigenvalue weighted by Crippen LogP contribution is -2.27. The lowest BCUT2D eigenvalue weighted by atomic mass is 9.77. The first-order chi connectivity index (χ1) is 14.5. The van der Waals surface area contributed by atoms with Crippen molar-refractivity contribution >= 4 is 40.0 Å². The summed E-state index contributed by atoms with van der Waals surface area (Å²) in [5.41, 5.74) is 8.48. The van der Waals surface area contributed by atoms with E-state index < -0.39 is 5.92 Å². The highest BCUT2D eigenvalue weighted by Gasteiger charge is 2.38. The van der Waals surface area contributed by atoms with E-state index >= 15 is 0 Å². The molecule has 7 heteroatoms. The first-order valence-corrected chi connectivity index (χ1v) is 10.9. The Labute approximate surface area is 193 Å². The molecule has 0 aromatic heterocycles. The topological polar surface area (TPSA) is 85.3 Å². The number of rotatable bonds is 4. The van der Waals surface area contributed by atoms with Crippen LogP contribution in [0.3, 0.4) is 0 Å². The fraction of sp³-hybridized carbons (Fsp3) is 0.217. The summed E-state index contributed by atoms with van der Waals surface area (Å²) in [6.45, 7) is 0.386. The van der Waals surface area contributed by atoms with Gasteiger partial charge in [0.1, 0.15) is 29.8 Å². The second-order valence-corrected chi connectivity index (χ2v) is 8.80. The van der Waals surface area contributed by atoms with Gasteiger partial charge in [-0.1, -0.05) is 29.8 Å². The summed E-state index contributed by atoms with van der Waals surface area (Å²) in [5, 5.41) is 10.1. The molecule has 2 aliphatic rings. The van der Waals surface area contributed by atoms with Crippen molar-refractivity contribution in [2.75, 3.05) is 0 Å². The van der Waals surface area contributed by atoms with E-state index in [9.17, 15) is 10.1 Å². The number of nitrogens with two attached hydrogens (primary N) is 1. The predicted molar refractivity (Wildman–Crippen MR) is 121 cm³/mol. The molecule has 0 unspecified atom stereocenters. The Balaban J connectivity index is 1.64. The third kappa shape index (κ3) is 4.05. The highest BCUT2D eigenvalue weighted by atomic mass is 127. The molecule has 0 saturated heterocycles. The Hall–Kier alpha value is -2.50. The molecule has 1 heterocycles. The van der Waals surface area contributed by atoms with Crippen LogP contribution in [-0.2, 0) is 16.1 Å². The number of nitriles is 1. The monoisotopic (exact) mass is 532 g/mol. The molecule has 30 heavy (non-hydrogen) atoms. The number of carbonyl (C=O) groups is 1. The minimum absolute atomic E-state index is 0.0170. The number of nitrogens with zero attached hydrogens (tertiary/aromatic N) is 1. The summed E-state index contributed by atoms with van der Waals surface area (Å²) in [6, 6.07) is 15.5. The number of ether oxygens (including phenoxy) is 2. The Morgan fingerprint density at radius 3 is 2.70 bits per heavy atom. The van der Waals surface area contributed by atoms with Gasteiger partial charge in [-0.2, -0.15) is 5.26 Å². The quantitative estimate of drug-likeness (QED) is 0.538. The number of allylic oxidation sites excluding steroid dienone is 3. The SMILES string of the molecule is N#CC1=C(N)OC2=C(C(=O)CCC2)[C@@H]1c1ccc(OCc2ccc(I)cc2)c(Cl)c1. The zero-order valence-corrected chi connectivity index (χ0v) is 18.9. The van der Waals surface area contributed by atoms with Crippen molar-refractivity contribution < 1.29 is 14.3 Å². The number of halogens is 2. The molecule has 0 saturated carbocycles. The van der Waals surface area contributed by atoms with Gasteiger partial charge in [-0.15, -0.1) is 0 Å². The summed E-state index contributed by atoms with van der Waals surface area (Å²) >= 11 is 8.74. The van der Waals surface area contributed by atoms with Crippen LogP contribution in [0, 0.1) is 14.9 Å². The maximum atomic E-state index is 12.6. The molecule has 0 amide bonds. The first kappa shape index (κ1) is 20.8. The van der Waals surface area contributed by atoms with Gasteiger partial charge < -0.3 is 15.2 Å². The molecule has 2 N–H and O–H groups in total. The average molecular weight is 533 g/mol. The van der Waals surface area contributed by atoms with Gasteiger partial charge in [0.2, 0.25) is 5.88 Å². The van der Waals surface area contributed by atoms with Crippen molar-refractivity contribution in [3.63, 3.8) is 0 Å². The first-order valence-electron chi connectivity index (χ1n) is 9.48. The average Bonchev–Trinajstić information content (AvgIpc) is 2.73. The Morgan fingerprint density at radius 2 is 2.00 bits per heavy atom.